The molecule has 2 N–H and O–H groups in total. The van der Waals surface area contributed by atoms with Crippen molar-refractivity contribution in [2.75, 3.05) is 23.7 Å². The van der Waals surface area contributed by atoms with Gasteiger partial charge >= 0.3 is 0 Å². The van der Waals surface area contributed by atoms with Crippen molar-refractivity contribution in [1.29, 1.82) is 0 Å². The van der Waals surface area contributed by atoms with Crippen LogP contribution in [0.3, 0.4) is 0 Å². The van der Waals surface area contributed by atoms with E-state index >= 15 is 0 Å². The molecule has 0 amide bonds. The molecule has 0 unspecified atom stereocenters. The lowest BCUT2D eigenvalue weighted by atomic mass is 10.2. The highest BCUT2D eigenvalue weighted by molar-refractivity contribution is 7.14. The predicted molar refractivity (Wildman–Crippen MR) is 78.3 cm³/mol. The van der Waals surface area contributed by atoms with E-state index in [1.165, 1.54) is 37.0 Å². The first-order valence-corrected chi connectivity index (χ1v) is 8.01. The molecule has 18 heavy (non-hydrogen) atoms. The summed E-state index contributed by atoms with van der Waals surface area (Å²) in [4.78, 5) is 11.4. The first-order chi connectivity index (χ1) is 8.83. The topological polar surface area (TPSA) is 55.0 Å². The van der Waals surface area contributed by atoms with Crippen LogP contribution in [-0.2, 0) is 0 Å². The fourth-order valence-corrected chi connectivity index (χ4v) is 3.62. The molecular formula is C12H16N4S2. The number of rotatable bonds is 2. The van der Waals surface area contributed by atoms with Gasteiger partial charge in [0, 0.05) is 23.8 Å². The molecule has 0 radical (unpaired) electrons. The van der Waals surface area contributed by atoms with E-state index < -0.39 is 0 Å². The van der Waals surface area contributed by atoms with E-state index in [9.17, 15) is 0 Å². The molecule has 1 aliphatic heterocycles. The lowest BCUT2D eigenvalue weighted by molar-refractivity contribution is 0.726. The molecule has 2 aromatic heterocycles. The summed E-state index contributed by atoms with van der Waals surface area (Å²) in [5, 5.41) is 5.78. The molecule has 96 valence electrons. The van der Waals surface area contributed by atoms with Gasteiger partial charge in [0.25, 0.3) is 0 Å². The Morgan fingerprint density at radius 3 is 2.28 bits per heavy atom. The van der Waals surface area contributed by atoms with Gasteiger partial charge in [0.05, 0.1) is 0 Å². The van der Waals surface area contributed by atoms with E-state index in [0.29, 0.717) is 5.13 Å². The summed E-state index contributed by atoms with van der Waals surface area (Å²) in [5.41, 5.74) is 7.51. The van der Waals surface area contributed by atoms with Crippen LogP contribution in [-0.4, -0.2) is 23.1 Å². The van der Waals surface area contributed by atoms with Gasteiger partial charge in [-0.2, -0.15) is 0 Å². The molecular weight excluding hydrogens is 264 g/mol. The maximum absolute atomic E-state index is 5.66. The Bertz CT molecular complexity index is 512. The van der Waals surface area contributed by atoms with Gasteiger partial charge in [-0.3, -0.25) is 0 Å². The maximum atomic E-state index is 5.66. The van der Waals surface area contributed by atoms with Gasteiger partial charge in [-0.05, 0) is 12.8 Å². The third kappa shape index (κ3) is 2.49. The van der Waals surface area contributed by atoms with Crippen molar-refractivity contribution >= 4 is 32.9 Å². The first-order valence-electron chi connectivity index (χ1n) is 6.25. The Morgan fingerprint density at radius 1 is 0.944 bits per heavy atom. The van der Waals surface area contributed by atoms with E-state index in [-0.39, 0.29) is 0 Å². The summed E-state index contributed by atoms with van der Waals surface area (Å²) in [7, 11) is 0. The zero-order valence-electron chi connectivity index (χ0n) is 10.1. The van der Waals surface area contributed by atoms with E-state index in [0.717, 1.165) is 29.6 Å². The van der Waals surface area contributed by atoms with Crippen molar-refractivity contribution in [2.24, 2.45) is 0 Å². The number of nitrogen functional groups attached to an aromatic ring is 1. The largest absolute Gasteiger partial charge is 0.375 e. The molecule has 3 rings (SSSR count). The number of hydrogen-bond donors (Lipinski definition) is 1. The van der Waals surface area contributed by atoms with Crippen LogP contribution in [0.15, 0.2) is 10.8 Å². The molecule has 0 saturated carbocycles. The highest BCUT2D eigenvalue weighted by Crippen LogP contribution is 2.29. The van der Waals surface area contributed by atoms with Crippen molar-refractivity contribution < 1.29 is 0 Å². The molecule has 1 fully saturated rings. The van der Waals surface area contributed by atoms with Crippen LogP contribution in [0.2, 0.25) is 0 Å². The average molecular weight is 280 g/mol. The molecule has 0 atom stereocenters. The second kappa shape index (κ2) is 5.24. The highest BCUT2D eigenvalue weighted by atomic mass is 32.1. The Kier molecular flexibility index (Phi) is 3.47. The van der Waals surface area contributed by atoms with Crippen LogP contribution in [0.25, 0.3) is 11.4 Å². The maximum Gasteiger partial charge on any atom is 0.185 e. The Morgan fingerprint density at radius 2 is 1.61 bits per heavy atom. The molecule has 0 aromatic carbocycles. The predicted octanol–water partition coefficient (Wildman–Crippen LogP) is 3.23. The minimum Gasteiger partial charge on any atom is -0.375 e. The Labute approximate surface area is 114 Å². The first kappa shape index (κ1) is 11.9. The molecule has 2 aromatic rings. The van der Waals surface area contributed by atoms with Crippen molar-refractivity contribution in [3.63, 3.8) is 0 Å². The standard InChI is InChI=1S/C12H16N4S2/c13-11-14-9(7-17-11)10-8-18-12(15-10)16-5-3-1-2-4-6-16/h7-8H,1-6H2,(H2,13,14). The quantitative estimate of drug-likeness (QED) is 0.917. The molecule has 1 saturated heterocycles. The van der Waals surface area contributed by atoms with Crippen molar-refractivity contribution in [2.45, 2.75) is 25.7 Å². The molecule has 1 aliphatic rings. The highest BCUT2D eigenvalue weighted by Gasteiger charge is 2.14. The van der Waals surface area contributed by atoms with Crippen LogP contribution in [0, 0.1) is 0 Å². The molecule has 4 nitrogen and oxygen atoms in total. The fraction of sp³-hybridized carbons (Fsp3) is 0.500. The summed E-state index contributed by atoms with van der Waals surface area (Å²) >= 11 is 3.17. The van der Waals surface area contributed by atoms with Gasteiger partial charge in [-0.15, -0.1) is 22.7 Å². The van der Waals surface area contributed by atoms with Gasteiger partial charge in [0.2, 0.25) is 0 Å². The number of anilines is 2. The Hall–Kier alpha value is -1.14. The van der Waals surface area contributed by atoms with E-state index in [4.69, 9.17) is 10.7 Å². The summed E-state index contributed by atoms with van der Waals surface area (Å²) in [6.07, 6.45) is 5.24. The van der Waals surface area contributed by atoms with Crippen LogP contribution < -0.4 is 10.6 Å². The summed E-state index contributed by atoms with van der Waals surface area (Å²) in [5.74, 6) is 0. The van der Waals surface area contributed by atoms with E-state index in [1.54, 1.807) is 11.3 Å². The number of nitrogens with zero attached hydrogens (tertiary/aromatic N) is 3. The number of thiazole rings is 2. The third-order valence-electron chi connectivity index (χ3n) is 3.15. The minimum absolute atomic E-state index is 0.606. The molecule has 0 spiro atoms. The van der Waals surface area contributed by atoms with E-state index in [2.05, 4.69) is 15.3 Å². The van der Waals surface area contributed by atoms with Gasteiger partial charge in [-0.1, -0.05) is 12.8 Å². The second-order valence-electron chi connectivity index (χ2n) is 4.49. The smallest absolute Gasteiger partial charge is 0.185 e. The third-order valence-corrected chi connectivity index (χ3v) is 4.73. The van der Waals surface area contributed by atoms with Crippen molar-refractivity contribution in [3.8, 4) is 11.4 Å². The monoisotopic (exact) mass is 280 g/mol. The van der Waals surface area contributed by atoms with Crippen LogP contribution in [0.4, 0.5) is 10.3 Å². The van der Waals surface area contributed by atoms with Gasteiger partial charge < -0.3 is 10.6 Å². The zero-order valence-corrected chi connectivity index (χ0v) is 11.8. The Balaban J connectivity index is 1.80. The molecule has 6 heteroatoms. The van der Waals surface area contributed by atoms with Crippen LogP contribution in [0.5, 0.6) is 0 Å². The second-order valence-corrected chi connectivity index (χ2v) is 6.21. The summed E-state index contributed by atoms with van der Waals surface area (Å²) in [6, 6.07) is 0. The minimum atomic E-state index is 0.606. The lowest BCUT2D eigenvalue weighted by Gasteiger charge is -2.18. The van der Waals surface area contributed by atoms with Crippen molar-refractivity contribution in [1.82, 2.24) is 9.97 Å². The normalized spacial score (nSPS) is 16.8. The zero-order chi connectivity index (χ0) is 12.4. The molecule has 0 bridgehead atoms. The summed E-state index contributed by atoms with van der Waals surface area (Å²) in [6.45, 7) is 2.26. The van der Waals surface area contributed by atoms with Gasteiger partial charge in [0.15, 0.2) is 10.3 Å². The number of aromatic nitrogens is 2. The average Bonchev–Trinajstić information content (AvgIpc) is 2.92. The number of nitrogens with two attached hydrogens (primary N) is 1. The van der Waals surface area contributed by atoms with Crippen LogP contribution >= 0.6 is 22.7 Å². The lowest BCUT2D eigenvalue weighted by Crippen LogP contribution is -2.23. The van der Waals surface area contributed by atoms with Crippen molar-refractivity contribution in [3.05, 3.63) is 10.8 Å². The van der Waals surface area contributed by atoms with Gasteiger partial charge in [-0.25, -0.2) is 9.97 Å². The molecule has 0 aliphatic carbocycles. The van der Waals surface area contributed by atoms with Crippen LogP contribution in [0.1, 0.15) is 25.7 Å². The fourth-order valence-electron chi connectivity index (χ4n) is 2.19. The van der Waals surface area contributed by atoms with Gasteiger partial charge in [0.1, 0.15) is 11.4 Å². The number of hydrogen-bond acceptors (Lipinski definition) is 6. The SMILES string of the molecule is Nc1nc(-c2csc(N3CCCCCC3)n2)cs1. The van der Waals surface area contributed by atoms with E-state index in [1.807, 2.05) is 5.38 Å². The summed E-state index contributed by atoms with van der Waals surface area (Å²) < 4.78 is 0. The molecule has 3 heterocycles.